The van der Waals surface area contributed by atoms with E-state index < -0.39 is 11.9 Å². The van der Waals surface area contributed by atoms with Crippen LogP contribution in [0, 0.1) is 11.8 Å². The number of rotatable bonds is 4. The van der Waals surface area contributed by atoms with E-state index in [-0.39, 0.29) is 23.1 Å². The van der Waals surface area contributed by atoms with Crippen LogP contribution in [0.15, 0.2) is 0 Å². The maximum Gasteiger partial charge on any atom is 0.316 e. The van der Waals surface area contributed by atoms with E-state index in [1.807, 2.05) is 13.8 Å². The number of esters is 1. The predicted molar refractivity (Wildman–Crippen MR) is 55.6 cm³/mol. The summed E-state index contributed by atoms with van der Waals surface area (Å²) < 4.78 is 4.87. The van der Waals surface area contributed by atoms with Gasteiger partial charge >= 0.3 is 5.97 Å². The van der Waals surface area contributed by atoms with Crippen molar-refractivity contribution >= 4 is 29.1 Å². The monoisotopic (exact) mass is 202 g/mol. The summed E-state index contributed by atoms with van der Waals surface area (Å²) in [5.74, 6) is -0.878. The lowest BCUT2D eigenvalue weighted by atomic mass is 10.1. The van der Waals surface area contributed by atoms with E-state index in [0.29, 0.717) is 12.5 Å². The molecule has 0 rings (SSSR count). The number of ether oxygens (including phenoxy) is 1. The van der Waals surface area contributed by atoms with Crippen LogP contribution in [0.4, 0.5) is 0 Å². The van der Waals surface area contributed by atoms with Crippen molar-refractivity contribution in [2.24, 2.45) is 11.8 Å². The Hall–Kier alpha value is -0.328. The molecule has 0 aliphatic carbocycles. The first-order valence-electron chi connectivity index (χ1n) is 4.12. The maximum absolute atomic E-state index is 11.0. The Bertz CT molecular complexity index is 178. The highest BCUT2D eigenvalue weighted by Crippen LogP contribution is 2.02. The predicted octanol–water partition coefficient (Wildman–Crippen LogP) is 0.227. The summed E-state index contributed by atoms with van der Waals surface area (Å²) in [4.78, 5) is 21.8. The minimum absolute atomic E-state index is 0. The van der Waals surface area contributed by atoms with Gasteiger partial charge < -0.3 is 4.74 Å². The van der Waals surface area contributed by atoms with Crippen molar-refractivity contribution < 1.29 is 14.3 Å². The van der Waals surface area contributed by atoms with Crippen molar-refractivity contribution in [2.75, 3.05) is 6.61 Å². The van der Waals surface area contributed by atoms with Crippen LogP contribution >= 0.6 is 0 Å². The Morgan fingerprint density at radius 2 is 1.69 bits per heavy atom. The number of carbonyl (C=O) groups excluding carboxylic acids is 2. The first kappa shape index (κ1) is 15.2. The summed E-state index contributed by atoms with van der Waals surface area (Å²) in [5, 5.41) is 0. The molecule has 4 heteroatoms. The summed E-state index contributed by atoms with van der Waals surface area (Å²) in [7, 11) is 0. The van der Waals surface area contributed by atoms with Crippen LogP contribution in [0.25, 0.3) is 0 Å². The van der Waals surface area contributed by atoms with Crippen LogP contribution in [0.2, 0.25) is 0 Å². The molecule has 0 saturated heterocycles. The molecule has 0 radical (unpaired) electrons. The van der Waals surface area contributed by atoms with E-state index in [0.717, 1.165) is 0 Å². The largest absolute Gasteiger partial charge is 0.465 e. The van der Waals surface area contributed by atoms with Crippen molar-refractivity contribution in [3.8, 4) is 0 Å². The molecule has 0 aliphatic heterocycles. The lowest BCUT2D eigenvalue weighted by Crippen LogP contribution is -2.22. The number of Topliss-reactive ketones (excluding diaryl/α,β-unsaturated/α-hetero) is 1. The number of hydrogen-bond donors (Lipinski definition) is 0. The molecule has 0 aliphatic rings. The molecule has 1 atom stereocenters. The highest BCUT2D eigenvalue weighted by atomic mass is 27.0. The Morgan fingerprint density at radius 1 is 1.23 bits per heavy atom. The van der Waals surface area contributed by atoms with Crippen LogP contribution in [0.5, 0.6) is 0 Å². The summed E-state index contributed by atoms with van der Waals surface area (Å²) in [6, 6.07) is 0. The van der Waals surface area contributed by atoms with Gasteiger partial charge in [-0.2, -0.15) is 0 Å². The van der Waals surface area contributed by atoms with Crippen LogP contribution in [0.1, 0.15) is 27.7 Å². The number of ketones is 1. The molecule has 0 fully saturated rings. The first-order chi connectivity index (χ1) is 5.45. The Balaban J connectivity index is 0. The number of carbonyl (C=O) groups is 2. The van der Waals surface area contributed by atoms with Gasteiger partial charge in [0.25, 0.3) is 0 Å². The van der Waals surface area contributed by atoms with E-state index in [2.05, 4.69) is 0 Å². The third-order valence-electron chi connectivity index (χ3n) is 1.52. The second kappa shape index (κ2) is 7.11. The van der Waals surface area contributed by atoms with Crippen LogP contribution in [0.3, 0.4) is 0 Å². The zero-order valence-corrected chi connectivity index (χ0v) is 8.09. The Kier molecular flexibility index (Phi) is 8.29. The number of hydrogen-bond acceptors (Lipinski definition) is 3. The quantitative estimate of drug-likeness (QED) is 0.372. The zero-order chi connectivity index (χ0) is 9.72. The molecule has 0 amide bonds. The van der Waals surface area contributed by atoms with Crippen molar-refractivity contribution in [2.45, 2.75) is 27.7 Å². The molecular weight excluding hydrogens is 183 g/mol. The normalized spacial score (nSPS) is 11.8. The average Bonchev–Trinajstić information content (AvgIpc) is 1.98. The SMILES string of the molecule is CC(=O)C(C)C(=O)OCC(C)C.[AlH3]. The van der Waals surface area contributed by atoms with Gasteiger partial charge in [-0.3, -0.25) is 9.59 Å². The molecule has 13 heavy (non-hydrogen) atoms. The van der Waals surface area contributed by atoms with Crippen molar-refractivity contribution in [1.82, 2.24) is 0 Å². The van der Waals surface area contributed by atoms with E-state index in [4.69, 9.17) is 4.74 Å². The van der Waals surface area contributed by atoms with Crippen molar-refractivity contribution in [3.05, 3.63) is 0 Å². The summed E-state index contributed by atoms with van der Waals surface area (Å²) in [6.45, 7) is 7.24. The van der Waals surface area contributed by atoms with E-state index in [1.165, 1.54) is 6.92 Å². The van der Waals surface area contributed by atoms with Gasteiger partial charge in [-0.1, -0.05) is 13.8 Å². The van der Waals surface area contributed by atoms with Gasteiger partial charge in [0, 0.05) is 0 Å². The second-order valence-corrected chi connectivity index (χ2v) is 3.36. The van der Waals surface area contributed by atoms with Gasteiger partial charge in [0.15, 0.2) is 17.4 Å². The van der Waals surface area contributed by atoms with Gasteiger partial charge in [0.1, 0.15) is 11.7 Å². The molecule has 0 aromatic rings. The van der Waals surface area contributed by atoms with Crippen LogP contribution in [-0.2, 0) is 14.3 Å². The van der Waals surface area contributed by atoms with Crippen LogP contribution < -0.4 is 0 Å². The smallest absolute Gasteiger partial charge is 0.316 e. The summed E-state index contributed by atoms with van der Waals surface area (Å²) >= 11 is 0. The molecule has 0 saturated carbocycles. The molecule has 0 aromatic heterocycles. The molecule has 0 N–H and O–H groups in total. The average molecular weight is 202 g/mol. The Labute approximate surface area is 90.0 Å². The lowest BCUT2D eigenvalue weighted by molar-refractivity contribution is -0.151. The lowest BCUT2D eigenvalue weighted by Gasteiger charge is -2.09. The molecule has 0 heterocycles. The molecular formula is C9H19AlO3. The van der Waals surface area contributed by atoms with Crippen molar-refractivity contribution in [1.29, 1.82) is 0 Å². The van der Waals surface area contributed by atoms with E-state index >= 15 is 0 Å². The standard InChI is InChI=1S/C9H16O3.Al.3H/c1-6(2)5-12-9(11)7(3)8(4)10;;;;/h6-7H,5H2,1-4H3;;;;. The molecule has 0 aromatic carbocycles. The highest BCUT2D eigenvalue weighted by molar-refractivity contribution is 5.97. The summed E-state index contributed by atoms with van der Waals surface area (Å²) in [5.41, 5.74) is 0. The fourth-order valence-corrected chi connectivity index (χ4v) is 0.540. The van der Waals surface area contributed by atoms with Gasteiger partial charge in [0.05, 0.1) is 6.61 Å². The van der Waals surface area contributed by atoms with Gasteiger partial charge in [-0.05, 0) is 19.8 Å². The minimum atomic E-state index is -0.622. The summed E-state index contributed by atoms with van der Waals surface area (Å²) in [6.07, 6.45) is 0. The first-order valence-corrected chi connectivity index (χ1v) is 4.12. The third kappa shape index (κ3) is 6.80. The second-order valence-electron chi connectivity index (χ2n) is 3.36. The zero-order valence-electron chi connectivity index (χ0n) is 8.09. The molecule has 1 unspecified atom stereocenters. The van der Waals surface area contributed by atoms with Gasteiger partial charge in [-0.25, -0.2) is 0 Å². The molecule has 0 bridgehead atoms. The molecule has 76 valence electrons. The third-order valence-corrected chi connectivity index (χ3v) is 1.52. The fraction of sp³-hybridized carbons (Fsp3) is 0.778. The van der Waals surface area contributed by atoms with E-state index in [9.17, 15) is 9.59 Å². The topological polar surface area (TPSA) is 43.4 Å². The van der Waals surface area contributed by atoms with Gasteiger partial charge in [-0.15, -0.1) is 0 Å². The molecule has 0 spiro atoms. The maximum atomic E-state index is 11.0. The minimum Gasteiger partial charge on any atom is -0.465 e. The highest BCUT2D eigenvalue weighted by Gasteiger charge is 2.18. The van der Waals surface area contributed by atoms with E-state index in [1.54, 1.807) is 6.92 Å². The Morgan fingerprint density at radius 3 is 2.00 bits per heavy atom. The molecule has 3 nitrogen and oxygen atoms in total. The van der Waals surface area contributed by atoms with Gasteiger partial charge in [0.2, 0.25) is 0 Å². The fourth-order valence-electron chi connectivity index (χ4n) is 0.540. The van der Waals surface area contributed by atoms with Crippen LogP contribution in [-0.4, -0.2) is 35.7 Å². The van der Waals surface area contributed by atoms with Crippen molar-refractivity contribution in [3.63, 3.8) is 0 Å².